The Morgan fingerprint density at radius 2 is 1.77 bits per heavy atom. The van der Waals surface area contributed by atoms with Crippen molar-refractivity contribution in [1.29, 1.82) is 0 Å². The van der Waals surface area contributed by atoms with E-state index in [9.17, 15) is 32.9 Å². The Bertz CT molecular complexity index is 1450. The minimum atomic E-state index is -4.91. The lowest BCUT2D eigenvalue weighted by atomic mass is 9.95. The molecular formula is C25H22Cl2F3N5O4. The third kappa shape index (κ3) is 6.34. The molecule has 2 amide bonds. The smallest absolute Gasteiger partial charge is 0.349 e. The van der Waals surface area contributed by atoms with E-state index in [0.717, 1.165) is 50.3 Å². The monoisotopic (exact) mass is 583 g/mol. The average molecular weight is 584 g/mol. The molecule has 9 nitrogen and oxygen atoms in total. The van der Waals surface area contributed by atoms with Crippen LogP contribution >= 0.6 is 23.2 Å². The summed E-state index contributed by atoms with van der Waals surface area (Å²) in [5.74, 6) is -1.50. The number of non-ortho nitro benzene ring substituents is 1. The van der Waals surface area contributed by atoms with Gasteiger partial charge >= 0.3 is 6.18 Å². The number of aromatic nitrogens is 2. The van der Waals surface area contributed by atoms with Crippen LogP contribution in [0.1, 0.15) is 64.2 Å². The zero-order valence-corrected chi connectivity index (χ0v) is 22.0. The van der Waals surface area contributed by atoms with Crippen LogP contribution in [0.5, 0.6) is 0 Å². The van der Waals surface area contributed by atoms with E-state index in [1.165, 1.54) is 12.1 Å². The minimum Gasteiger partial charge on any atom is -0.349 e. The van der Waals surface area contributed by atoms with Gasteiger partial charge in [-0.3, -0.25) is 19.7 Å². The van der Waals surface area contributed by atoms with Crippen molar-refractivity contribution in [1.82, 2.24) is 15.1 Å². The van der Waals surface area contributed by atoms with E-state index in [1.807, 2.05) is 0 Å². The highest BCUT2D eigenvalue weighted by Crippen LogP contribution is 2.33. The lowest BCUT2D eigenvalue weighted by Gasteiger charge is -2.24. The number of rotatable bonds is 6. The number of hydrogen-bond donors (Lipinski definition) is 2. The van der Waals surface area contributed by atoms with Crippen molar-refractivity contribution in [2.45, 2.75) is 51.2 Å². The maximum absolute atomic E-state index is 13.6. The van der Waals surface area contributed by atoms with E-state index < -0.39 is 40.0 Å². The van der Waals surface area contributed by atoms with Gasteiger partial charge in [-0.2, -0.15) is 18.3 Å². The summed E-state index contributed by atoms with van der Waals surface area (Å²) in [4.78, 5) is 36.9. The highest BCUT2D eigenvalue weighted by Gasteiger charge is 2.37. The minimum absolute atomic E-state index is 0.0471. The molecule has 1 heterocycles. The van der Waals surface area contributed by atoms with Crippen LogP contribution in [0.25, 0.3) is 5.69 Å². The van der Waals surface area contributed by atoms with Crippen LogP contribution in [-0.4, -0.2) is 32.6 Å². The zero-order valence-electron chi connectivity index (χ0n) is 20.4. The summed E-state index contributed by atoms with van der Waals surface area (Å²) in [6.07, 6.45) is -0.268. The molecular weight excluding hydrogens is 562 g/mol. The number of carbonyl (C=O) groups is 2. The molecule has 39 heavy (non-hydrogen) atoms. The SMILES string of the molecule is Cc1cc(Cl)cc(C(=O)NC2CCCCC2)c1NC(=O)c1cc(C(F)(F)F)nn1-c1ccc([N+](=O)[O-])cc1Cl. The fourth-order valence-corrected chi connectivity index (χ4v) is 4.95. The van der Waals surface area contributed by atoms with Crippen LogP contribution in [0.2, 0.25) is 10.0 Å². The van der Waals surface area contributed by atoms with Gasteiger partial charge in [0.25, 0.3) is 17.5 Å². The summed E-state index contributed by atoms with van der Waals surface area (Å²) in [6.45, 7) is 1.59. The summed E-state index contributed by atoms with van der Waals surface area (Å²) in [7, 11) is 0. The molecule has 206 valence electrons. The fraction of sp³-hybridized carbons (Fsp3) is 0.320. The number of amides is 2. The number of nitrogens with zero attached hydrogens (tertiary/aromatic N) is 3. The summed E-state index contributed by atoms with van der Waals surface area (Å²) in [5.41, 5.74) is -2.02. The predicted octanol–water partition coefficient (Wildman–Crippen LogP) is 6.73. The molecule has 0 saturated heterocycles. The fourth-order valence-electron chi connectivity index (χ4n) is 4.42. The first-order valence-electron chi connectivity index (χ1n) is 11.9. The summed E-state index contributed by atoms with van der Waals surface area (Å²) >= 11 is 12.3. The highest BCUT2D eigenvalue weighted by atomic mass is 35.5. The molecule has 1 fully saturated rings. The Kier molecular flexibility index (Phi) is 8.17. The van der Waals surface area contributed by atoms with Gasteiger partial charge in [-0.25, -0.2) is 4.68 Å². The first kappa shape index (κ1) is 28.4. The molecule has 1 aliphatic rings. The van der Waals surface area contributed by atoms with Crippen molar-refractivity contribution < 1.29 is 27.7 Å². The lowest BCUT2D eigenvalue weighted by molar-refractivity contribution is -0.384. The van der Waals surface area contributed by atoms with E-state index >= 15 is 0 Å². The molecule has 1 aromatic heterocycles. The third-order valence-electron chi connectivity index (χ3n) is 6.33. The number of alkyl halides is 3. The summed E-state index contributed by atoms with van der Waals surface area (Å²) < 4.78 is 41.3. The molecule has 1 saturated carbocycles. The summed E-state index contributed by atoms with van der Waals surface area (Å²) in [5, 5.41) is 20.0. The number of anilines is 1. The first-order valence-corrected chi connectivity index (χ1v) is 12.6. The van der Waals surface area contributed by atoms with Gasteiger partial charge in [0, 0.05) is 29.3 Å². The molecule has 0 bridgehead atoms. The molecule has 4 rings (SSSR count). The van der Waals surface area contributed by atoms with Gasteiger partial charge in [-0.05, 0) is 43.5 Å². The Morgan fingerprint density at radius 1 is 1.08 bits per heavy atom. The lowest BCUT2D eigenvalue weighted by Crippen LogP contribution is -2.36. The van der Waals surface area contributed by atoms with E-state index in [1.54, 1.807) is 6.92 Å². The van der Waals surface area contributed by atoms with E-state index in [2.05, 4.69) is 15.7 Å². The topological polar surface area (TPSA) is 119 Å². The highest BCUT2D eigenvalue weighted by molar-refractivity contribution is 6.32. The predicted molar refractivity (Wildman–Crippen MR) is 139 cm³/mol. The average Bonchev–Trinajstić information content (AvgIpc) is 3.32. The standard InChI is InChI=1S/C25H22Cl2F3N5O4/c1-13-9-14(26)10-17(23(36)31-15-5-3-2-4-6-15)22(13)32-24(37)20-12-21(25(28,29)30)33-34(20)19-8-7-16(35(38)39)11-18(19)27/h7-12,15H,2-6H2,1H3,(H,31,36)(H,32,37). The number of nitro groups is 1. The first-order chi connectivity index (χ1) is 18.3. The van der Waals surface area contributed by atoms with Crippen LogP contribution in [0.4, 0.5) is 24.5 Å². The molecule has 2 N–H and O–H groups in total. The van der Waals surface area contributed by atoms with E-state index in [-0.39, 0.29) is 33.0 Å². The van der Waals surface area contributed by atoms with Crippen LogP contribution < -0.4 is 10.6 Å². The van der Waals surface area contributed by atoms with Gasteiger partial charge in [0.2, 0.25) is 0 Å². The van der Waals surface area contributed by atoms with E-state index in [4.69, 9.17) is 23.2 Å². The second-order valence-corrected chi connectivity index (χ2v) is 9.97. The molecule has 3 aromatic rings. The van der Waals surface area contributed by atoms with Gasteiger partial charge in [0.15, 0.2) is 5.69 Å². The van der Waals surface area contributed by atoms with Gasteiger partial charge in [-0.15, -0.1) is 0 Å². The van der Waals surface area contributed by atoms with Gasteiger partial charge in [0.05, 0.1) is 26.9 Å². The zero-order chi connectivity index (χ0) is 28.5. The second kappa shape index (κ2) is 11.2. The van der Waals surface area contributed by atoms with Crippen LogP contribution in [-0.2, 0) is 6.18 Å². The van der Waals surface area contributed by atoms with Gasteiger partial charge in [-0.1, -0.05) is 42.5 Å². The van der Waals surface area contributed by atoms with Crippen molar-refractivity contribution in [2.24, 2.45) is 0 Å². The quantitative estimate of drug-likeness (QED) is 0.246. The maximum Gasteiger partial charge on any atom is 0.435 e. The van der Waals surface area contributed by atoms with Gasteiger partial charge in [0.1, 0.15) is 5.69 Å². The van der Waals surface area contributed by atoms with Crippen LogP contribution in [0.3, 0.4) is 0 Å². The molecule has 0 spiro atoms. The Balaban J connectivity index is 1.73. The normalized spacial score (nSPS) is 14.2. The number of benzene rings is 2. The number of nitro benzene ring substituents is 1. The van der Waals surface area contributed by atoms with Crippen molar-refractivity contribution in [3.63, 3.8) is 0 Å². The number of aryl methyl sites for hydroxylation is 1. The van der Waals surface area contributed by atoms with Gasteiger partial charge < -0.3 is 10.6 Å². The Labute approximate surface area is 230 Å². The van der Waals surface area contributed by atoms with Crippen molar-refractivity contribution >= 4 is 46.4 Å². The van der Waals surface area contributed by atoms with Crippen molar-refractivity contribution in [3.8, 4) is 5.69 Å². The molecule has 1 aliphatic carbocycles. The number of hydrogen-bond acceptors (Lipinski definition) is 5. The number of nitrogens with one attached hydrogen (secondary N) is 2. The molecule has 0 unspecified atom stereocenters. The van der Waals surface area contributed by atoms with Crippen molar-refractivity contribution in [2.75, 3.05) is 5.32 Å². The van der Waals surface area contributed by atoms with E-state index in [0.29, 0.717) is 16.3 Å². The maximum atomic E-state index is 13.6. The molecule has 14 heteroatoms. The van der Waals surface area contributed by atoms with Crippen molar-refractivity contribution in [3.05, 3.63) is 79.1 Å². The largest absolute Gasteiger partial charge is 0.435 e. The second-order valence-electron chi connectivity index (χ2n) is 9.12. The molecule has 0 radical (unpaired) electrons. The summed E-state index contributed by atoms with van der Waals surface area (Å²) in [6, 6.07) is 6.39. The molecule has 2 aromatic carbocycles. The van der Waals surface area contributed by atoms with Crippen LogP contribution in [0, 0.1) is 17.0 Å². The molecule has 0 atom stereocenters. The molecule has 0 aliphatic heterocycles. The third-order valence-corrected chi connectivity index (χ3v) is 6.85. The Morgan fingerprint density at radius 3 is 2.38 bits per heavy atom. The number of halogens is 5. The number of carbonyl (C=O) groups excluding carboxylic acids is 2. The Hall–Kier alpha value is -3.64. The van der Waals surface area contributed by atoms with Crippen LogP contribution in [0.15, 0.2) is 36.4 Å².